The number of thioether (sulfide) groups is 1. The zero-order valence-corrected chi connectivity index (χ0v) is 14.0. The van der Waals surface area contributed by atoms with E-state index in [1.807, 2.05) is 18.2 Å². The molecule has 6 heteroatoms. The van der Waals surface area contributed by atoms with Crippen LogP contribution in [0.3, 0.4) is 0 Å². The van der Waals surface area contributed by atoms with Gasteiger partial charge in [0.1, 0.15) is 10.1 Å². The molecule has 0 N–H and O–H groups in total. The Morgan fingerprint density at radius 3 is 2.95 bits per heavy atom. The first-order chi connectivity index (χ1) is 9.56. The van der Waals surface area contributed by atoms with E-state index in [1.165, 1.54) is 16.7 Å². The maximum atomic E-state index is 12.2. The van der Waals surface area contributed by atoms with Crippen LogP contribution in [0.4, 0.5) is 0 Å². The van der Waals surface area contributed by atoms with Crippen molar-refractivity contribution >= 4 is 56.2 Å². The fourth-order valence-electron chi connectivity index (χ4n) is 1.75. The summed E-state index contributed by atoms with van der Waals surface area (Å²) in [5, 5.41) is 0. The Labute approximate surface area is 135 Å². The summed E-state index contributed by atoms with van der Waals surface area (Å²) in [4.78, 5) is 14.4. The van der Waals surface area contributed by atoms with Gasteiger partial charge in [0.15, 0.2) is 0 Å². The second-order valence-corrected chi connectivity index (χ2v) is 6.56. The Morgan fingerprint density at radius 1 is 1.55 bits per heavy atom. The molecule has 0 saturated carbocycles. The van der Waals surface area contributed by atoms with E-state index in [2.05, 4.69) is 22.5 Å². The van der Waals surface area contributed by atoms with Crippen LogP contribution in [0.25, 0.3) is 6.08 Å². The molecular formula is C14H12BrNO2S2. The molecule has 1 heterocycles. The van der Waals surface area contributed by atoms with Gasteiger partial charge in [0.25, 0.3) is 5.91 Å². The van der Waals surface area contributed by atoms with Crippen molar-refractivity contribution in [3.05, 3.63) is 45.8 Å². The monoisotopic (exact) mass is 369 g/mol. The van der Waals surface area contributed by atoms with Gasteiger partial charge in [-0.15, -0.1) is 6.58 Å². The molecule has 0 spiro atoms. The van der Waals surface area contributed by atoms with Crippen LogP contribution in [-0.4, -0.2) is 28.8 Å². The maximum Gasteiger partial charge on any atom is 0.266 e. The van der Waals surface area contributed by atoms with Crippen molar-refractivity contribution in [1.82, 2.24) is 4.90 Å². The first kappa shape index (κ1) is 15.3. The second kappa shape index (κ2) is 6.56. The van der Waals surface area contributed by atoms with Crippen molar-refractivity contribution < 1.29 is 9.53 Å². The van der Waals surface area contributed by atoms with Gasteiger partial charge in [0.2, 0.25) is 0 Å². The summed E-state index contributed by atoms with van der Waals surface area (Å²) < 4.78 is 6.77. The molecule has 0 radical (unpaired) electrons. The minimum atomic E-state index is -0.0954. The van der Waals surface area contributed by atoms with E-state index < -0.39 is 0 Å². The lowest BCUT2D eigenvalue weighted by molar-refractivity contribution is -0.121. The molecule has 2 rings (SSSR count). The molecule has 104 valence electrons. The second-order valence-electron chi connectivity index (χ2n) is 3.97. The van der Waals surface area contributed by atoms with Gasteiger partial charge < -0.3 is 4.74 Å². The van der Waals surface area contributed by atoms with E-state index in [1.54, 1.807) is 19.3 Å². The highest BCUT2D eigenvalue weighted by Gasteiger charge is 2.31. The molecule has 1 saturated heterocycles. The Morgan fingerprint density at radius 2 is 2.30 bits per heavy atom. The van der Waals surface area contributed by atoms with Crippen LogP contribution < -0.4 is 4.74 Å². The van der Waals surface area contributed by atoms with Gasteiger partial charge in [0, 0.05) is 16.6 Å². The van der Waals surface area contributed by atoms with E-state index in [-0.39, 0.29) is 5.91 Å². The number of amides is 1. The smallest absolute Gasteiger partial charge is 0.266 e. The van der Waals surface area contributed by atoms with Gasteiger partial charge in [-0.05, 0) is 24.3 Å². The minimum Gasteiger partial charge on any atom is -0.496 e. The summed E-state index contributed by atoms with van der Waals surface area (Å²) in [5.41, 5.74) is 0.834. The molecule has 0 unspecified atom stereocenters. The van der Waals surface area contributed by atoms with E-state index in [9.17, 15) is 4.79 Å². The lowest BCUT2D eigenvalue weighted by Crippen LogP contribution is -2.27. The van der Waals surface area contributed by atoms with Crippen molar-refractivity contribution in [2.24, 2.45) is 0 Å². The Hall–Kier alpha value is -1.11. The third kappa shape index (κ3) is 3.13. The standard InChI is InChI=1S/C14H12BrNO2S2/c1-3-6-16-13(17)12(20-14(16)19)8-9-7-10(15)4-5-11(9)18-2/h3-5,7-8H,1,6H2,2H3/b12-8+. The Bertz CT molecular complexity index is 613. The van der Waals surface area contributed by atoms with Gasteiger partial charge in [-0.2, -0.15) is 0 Å². The molecular weight excluding hydrogens is 358 g/mol. The van der Waals surface area contributed by atoms with Crippen molar-refractivity contribution in [3.8, 4) is 5.75 Å². The summed E-state index contributed by atoms with van der Waals surface area (Å²) in [7, 11) is 1.60. The van der Waals surface area contributed by atoms with E-state index in [0.717, 1.165) is 10.0 Å². The molecule has 20 heavy (non-hydrogen) atoms. The number of carbonyl (C=O) groups is 1. The van der Waals surface area contributed by atoms with Crippen molar-refractivity contribution in [2.75, 3.05) is 13.7 Å². The minimum absolute atomic E-state index is 0.0954. The number of halogens is 1. The Balaban J connectivity index is 2.37. The number of hydrogen-bond acceptors (Lipinski definition) is 4. The molecule has 1 fully saturated rings. The lowest BCUT2D eigenvalue weighted by atomic mass is 10.2. The third-order valence-electron chi connectivity index (χ3n) is 2.66. The molecule has 0 atom stereocenters. The quantitative estimate of drug-likeness (QED) is 0.458. The molecule has 0 aromatic heterocycles. The van der Waals surface area contributed by atoms with Gasteiger partial charge in [-0.1, -0.05) is 46.0 Å². The van der Waals surface area contributed by atoms with Crippen molar-refractivity contribution in [3.63, 3.8) is 0 Å². The van der Waals surface area contributed by atoms with Crippen LogP contribution >= 0.6 is 39.9 Å². The van der Waals surface area contributed by atoms with Crippen molar-refractivity contribution in [2.45, 2.75) is 0 Å². The summed E-state index contributed by atoms with van der Waals surface area (Å²) in [5.74, 6) is 0.615. The highest BCUT2D eigenvalue weighted by Crippen LogP contribution is 2.34. The van der Waals surface area contributed by atoms with Gasteiger partial charge in [0.05, 0.1) is 12.0 Å². The number of carbonyl (C=O) groups excluding carboxylic acids is 1. The molecule has 1 aromatic rings. The van der Waals surface area contributed by atoms with E-state index >= 15 is 0 Å². The number of rotatable bonds is 4. The summed E-state index contributed by atoms with van der Waals surface area (Å²) >= 11 is 9.91. The average Bonchev–Trinajstić information content (AvgIpc) is 2.67. The number of hydrogen-bond donors (Lipinski definition) is 0. The fourth-order valence-corrected chi connectivity index (χ4v) is 3.39. The molecule has 1 amide bonds. The van der Waals surface area contributed by atoms with Gasteiger partial charge in [-0.25, -0.2) is 0 Å². The number of thiocarbonyl (C=S) groups is 1. The van der Waals surface area contributed by atoms with Crippen LogP contribution in [0.5, 0.6) is 5.75 Å². The molecule has 1 aromatic carbocycles. The first-order valence-electron chi connectivity index (χ1n) is 5.76. The van der Waals surface area contributed by atoms with E-state index in [4.69, 9.17) is 17.0 Å². The van der Waals surface area contributed by atoms with E-state index in [0.29, 0.717) is 21.5 Å². The first-order valence-corrected chi connectivity index (χ1v) is 7.78. The summed E-state index contributed by atoms with van der Waals surface area (Å²) in [6.07, 6.45) is 3.46. The summed E-state index contributed by atoms with van der Waals surface area (Å²) in [6, 6.07) is 5.64. The molecule has 0 bridgehead atoms. The highest BCUT2D eigenvalue weighted by atomic mass is 79.9. The van der Waals surface area contributed by atoms with Crippen LogP contribution in [0.1, 0.15) is 5.56 Å². The topological polar surface area (TPSA) is 29.5 Å². The van der Waals surface area contributed by atoms with Crippen LogP contribution in [-0.2, 0) is 4.79 Å². The molecule has 1 aliphatic heterocycles. The molecule has 3 nitrogen and oxygen atoms in total. The largest absolute Gasteiger partial charge is 0.496 e. The third-order valence-corrected chi connectivity index (χ3v) is 4.53. The number of nitrogens with zero attached hydrogens (tertiary/aromatic N) is 1. The van der Waals surface area contributed by atoms with Crippen LogP contribution in [0.15, 0.2) is 40.2 Å². The number of methoxy groups -OCH3 is 1. The molecule has 1 aliphatic rings. The normalized spacial score (nSPS) is 16.9. The zero-order valence-electron chi connectivity index (χ0n) is 10.8. The van der Waals surface area contributed by atoms with Gasteiger partial charge >= 0.3 is 0 Å². The molecule has 0 aliphatic carbocycles. The predicted octanol–water partition coefficient (Wildman–Crippen LogP) is 3.84. The van der Waals surface area contributed by atoms with Crippen molar-refractivity contribution in [1.29, 1.82) is 0 Å². The SMILES string of the molecule is C=CCN1C(=O)/C(=C\c2cc(Br)ccc2OC)SC1=S. The highest BCUT2D eigenvalue weighted by molar-refractivity contribution is 9.10. The maximum absolute atomic E-state index is 12.2. The fraction of sp³-hybridized carbons (Fsp3) is 0.143. The summed E-state index contributed by atoms with van der Waals surface area (Å²) in [6.45, 7) is 4.06. The predicted molar refractivity (Wildman–Crippen MR) is 90.8 cm³/mol. The number of benzene rings is 1. The number of ether oxygens (including phenoxy) is 1. The van der Waals surface area contributed by atoms with Gasteiger partial charge in [-0.3, -0.25) is 9.69 Å². The Kier molecular flexibility index (Phi) is 5.01. The van der Waals surface area contributed by atoms with Crippen LogP contribution in [0, 0.1) is 0 Å². The lowest BCUT2D eigenvalue weighted by Gasteiger charge is -2.10. The van der Waals surface area contributed by atoms with Crippen LogP contribution in [0.2, 0.25) is 0 Å². The average molecular weight is 370 g/mol. The zero-order chi connectivity index (χ0) is 14.7.